The maximum atomic E-state index is 11.6. The van der Waals surface area contributed by atoms with Crippen molar-refractivity contribution in [3.05, 3.63) is 29.8 Å². The minimum atomic E-state index is -0.961. The van der Waals surface area contributed by atoms with Crippen molar-refractivity contribution in [1.82, 2.24) is 0 Å². The first-order valence-electron chi connectivity index (χ1n) is 5.78. The van der Waals surface area contributed by atoms with Gasteiger partial charge in [0.25, 0.3) is 0 Å². The van der Waals surface area contributed by atoms with E-state index in [0.29, 0.717) is 18.0 Å². The van der Waals surface area contributed by atoms with E-state index >= 15 is 0 Å². The number of carbonyl (C=O) groups is 2. The molecular formula is C13H15NO3. The zero-order valence-corrected chi connectivity index (χ0v) is 9.48. The molecule has 17 heavy (non-hydrogen) atoms. The van der Waals surface area contributed by atoms with Crippen LogP contribution in [0.3, 0.4) is 0 Å². The van der Waals surface area contributed by atoms with Crippen molar-refractivity contribution in [2.24, 2.45) is 5.92 Å². The Morgan fingerprint density at radius 1 is 1.24 bits per heavy atom. The van der Waals surface area contributed by atoms with E-state index in [1.165, 1.54) is 18.6 Å². The Kier molecular flexibility index (Phi) is 3.42. The SMILES string of the molecule is O=C(CC1CCC1)Nc1ccc(C(=O)O)cc1. The summed E-state index contributed by atoms with van der Waals surface area (Å²) in [6.45, 7) is 0. The fraction of sp³-hybridized carbons (Fsp3) is 0.385. The van der Waals surface area contributed by atoms with Gasteiger partial charge in [-0.15, -0.1) is 0 Å². The summed E-state index contributed by atoms with van der Waals surface area (Å²) in [5.41, 5.74) is 0.876. The molecule has 90 valence electrons. The highest BCUT2D eigenvalue weighted by molar-refractivity contribution is 5.92. The third kappa shape index (κ3) is 3.06. The molecule has 2 N–H and O–H groups in total. The lowest BCUT2D eigenvalue weighted by Gasteiger charge is -2.24. The number of hydrogen-bond donors (Lipinski definition) is 2. The first-order valence-corrected chi connectivity index (χ1v) is 5.78. The van der Waals surface area contributed by atoms with Gasteiger partial charge in [0.05, 0.1) is 5.56 Å². The van der Waals surface area contributed by atoms with E-state index in [-0.39, 0.29) is 11.5 Å². The van der Waals surface area contributed by atoms with Gasteiger partial charge in [0, 0.05) is 12.1 Å². The second-order valence-corrected chi connectivity index (χ2v) is 4.43. The molecule has 0 heterocycles. The summed E-state index contributed by atoms with van der Waals surface area (Å²) in [4.78, 5) is 22.2. The lowest BCUT2D eigenvalue weighted by Crippen LogP contribution is -2.20. The number of carboxylic acid groups (broad SMARTS) is 1. The van der Waals surface area contributed by atoms with E-state index in [9.17, 15) is 9.59 Å². The molecule has 4 nitrogen and oxygen atoms in total. The monoisotopic (exact) mass is 233 g/mol. The number of nitrogens with one attached hydrogen (secondary N) is 1. The van der Waals surface area contributed by atoms with Gasteiger partial charge in [0.2, 0.25) is 5.91 Å². The number of amides is 1. The Labute approximate surface area is 99.6 Å². The van der Waals surface area contributed by atoms with Crippen molar-refractivity contribution in [2.75, 3.05) is 5.32 Å². The molecule has 0 bridgehead atoms. The fourth-order valence-corrected chi connectivity index (χ4v) is 1.87. The third-order valence-corrected chi connectivity index (χ3v) is 3.11. The summed E-state index contributed by atoms with van der Waals surface area (Å²) in [5.74, 6) is -0.414. The van der Waals surface area contributed by atoms with Crippen LogP contribution in [0.25, 0.3) is 0 Å². The van der Waals surface area contributed by atoms with Crippen LogP contribution in [0.2, 0.25) is 0 Å². The molecule has 1 saturated carbocycles. The second-order valence-electron chi connectivity index (χ2n) is 4.43. The highest BCUT2D eigenvalue weighted by Crippen LogP contribution is 2.29. The average Bonchev–Trinajstić information content (AvgIpc) is 2.24. The maximum absolute atomic E-state index is 11.6. The summed E-state index contributed by atoms with van der Waals surface area (Å²) < 4.78 is 0. The Bertz CT molecular complexity index is 421. The van der Waals surface area contributed by atoms with E-state index in [4.69, 9.17) is 5.11 Å². The molecule has 0 aliphatic heterocycles. The van der Waals surface area contributed by atoms with Crippen LogP contribution in [0.1, 0.15) is 36.0 Å². The largest absolute Gasteiger partial charge is 0.478 e. The van der Waals surface area contributed by atoms with Gasteiger partial charge in [-0.05, 0) is 43.0 Å². The molecule has 0 radical (unpaired) electrons. The first-order chi connectivity index (χ1) is 8.15. The van der Waals surface area contributed by atoms with Gasteiger partial charge in [-0.1, -0.05) is 6.42 Å². The summed E-state index contributed by atoms with van der Waals surface area (Å²) in [7, 11) is 0. The van der Waals surface area contributed by atoms with E-state index in [1.54, 1.807) is 12.1 Å². The summed E-state index contributed by atoms with van der Waals surface area (Å²) in [5, 5.41) is 11.5. The van der Waals surface area contributed by atoms with Crippen LogP contribution < -0.4 is 5.32 Å². The Morgan fingerprint density at radius 3 is 2.35 bits per heavy atom. The van der Waals surface area contributed by atoms with Gasteiger partial charge in [0.1, 0.15) is 0 Å². The molecule has 1 aliphatic carbocycles. The van der Waals surface area contributed by atoms with Gasteiger partial charge in [-0.2, -0.15) is 0 Å². The third-order valence-electron chi connectivity index (χ3n) is 3.11. The number of hydrogen-bond acceptors (Lipinski definition) is 2. The molecule has 0 aromatic heterocycles. The molecule has 2 rings (SSSR count). The summed E-state index contributed by atoms with van der Waals surface area (Å²) in [6, 6.07) is 6.20. The van der Waals surface area contributed by atoms with Crippen molar-refractivity contribution < 1.29 is 14.7 Å². The van der Waals surface area contributed by atoms with E-state index in [2.05, 4.69) is 5.32 Å². The quantitative estimate of drug-likeness (QED) is 0.839. The van der Waals surface area contributed by atoms with E-state index < -0.39 is 5.97 Å². The predicted octanol–water partition coefficient (Wildman–Crippen LogP) is 2.51. The van der Waals surface area contributed by atoms with Crippen LogP contribution in [0, 0.1) is 5.92 Å². The lowest BCUT2D eigenvalue weighted by atomic mass is 9.83. The smallest absolute Gasteiger partial charge is 0.335 e. The zero-order chi connectivity index (χ0) is 12.3. The molecule has 4 heteroatoms. The van der Waals surface area contributed by atoms with Gasteiger partial charge in [0.15, 0.2) is 0 Å². The van der Waals surface area contributed by atoms with Crippen LogP contribution in [0.4, 0.5) is 5.69 Å². The molecule has 1 fully saturated rings. The minimum Gasteiger partial charge on any atom is -0.478 e. The highest BCUT2D eigenvalue weighted by Gasteiger charge is 2.20. The number of aromatic carboxylic acids is 1. The number of anilines is 1. The molecular weight excluding hydrogens is 218 g/mol. The van der Waals surface area contributed by atoms with Crippen LogP contribution in [0.5, 0.6) is 0 Å². The van der Waals surface area contributed by atoms with Crippen molar-refractivity contribution in [3.8, 4) is 0 Å². The number of carbonyl (C=O) groups excluding carboxylic acids is 1. The Hall–Kier alpha value is -1.84. The van der Waals surface area contributed by atoms with E-state index in [0.717, 1.165) is 12.8 Å². The van der Waals surface area contributed by atoms with Crippen molar-refractivity contribution in [2.45, 2.75) is 25.7 Å². The molecule has 1 aromatic carbocycles. The molecule has 0 unspecified atom stereocenters. The summed E-state index contributed by atoms with van der Waals surface area (Å²) in [6.07, 6.45) is 4.09. The normalized spacial score (nSPS) is 15.1. The lowest BCUT2D eigenvalue weighted by molar-refractivity contribution is -0.117. The first kappa shape index (κ1) is 11.6. The maximum Gasteiger partial charge on any atom is 0.335 e. The number of rotatable bonds is 4. The molecule has 0 atom stereocenters. The average molecular weight is 233 g/mol. The predicted molar refractivity (Wildman–Crippen MR) is 64.0 cm³/mol. The molecule has 0 spiro atoms. The highest BCUT2D eigenvalue weighted by atomic mass is 16.4. The van der Waals surface area contributed by atoms with Crippen molar-refractivity contribution in [1.29, 1.82) is 0 Å². The van der Waals surface area contributed by atoms with Crippen molar-refractivity contribution in [3.63, 3.8) is 0 Å². The standard InChI is InChI=1S/C13H15NO3/c15-12(8-9-2-1-3-9)14-11-6-4-10(5-7-11)13(16)17/h4-7,9H,1-3,8H2,(H,14,15)(H,16,17). The second kappa shape index (κ2) is 4.99. The number of benzene rings is 1. The van der Waals surface area contributed by atoms with Gasteiger partial charge in [-0.3, -0.25) is 4.79 Å². The van der Waals surface area contributed by atoms with Crippen molar-refractivity contribution >= 4 is 17.6 Å². The van der Waals surface area contributed by atoms with Gasteiger partial charge < -0.3 is 10.4 Å². The Morgan fingerprint density at radius 2 is 1.88 bits per heavy atom. The number of carboxylic acids is 1. The molecule has 1 aliphatic rings. The Balaban J connectivity index is 1.89. The van der Waals surface area contributed by atoms with Crippen LogP contribution >= 0.6 is 0 Å². The minimum absolute atomic E-state index is 0.0118. The van der Waals surface area contributed by atoms with Gasteiger partial charge >= 0.3 is 5.97 Å². The topological polar surface area (TPSA) is 66.4 Å². The van der Waals surface area contributed by atoms with E-state index in [1.807, 2.05) is 0 Å². The summed E-state index contributed by atoms with van der Waals surface area (Å²) >= 11 is 0. The molecule has 1 amide bonds. The van der Waals surface area contributed by atoms with Crippen LogP contribution in [-0.4, -0.2) is 17.0 Å². The fourth-order valence-electron chi connectivity index (χ4n) is 1.87. The van der Waals surface area contributed by atoms with Gasteiger partial charge in [-0.25, -0.2) is 4.79 Å². The van der Waals surface area contributed by atoms with Crippen LogP contribution in [0.15, 0.2) is 24.3 Å². The molecule has 0 saturated heterocycles. The zero-order valence-electron chi connectivity index (χ0n) is 9.48. The van der Waals surface area contributed by atoms with Crippen LogP contribution in [-0.2, 0) is 4.79 Å². The molecule has 1 aromatic rings.